The lowest BCUT2D eigenvalue weighted by atomic mass is 9.73. The van der Waals surface area contributed by atoms with Crippen LogP contribution in [-0.2, 0) is 9.59 Å². The molecule has 0 radical (unpaired) electrons. The van der Waals surface area contributed by atoms with Gasteiger partial charge in [0.05, 0.1) is 0 Å². The smallest absolute Gasteiger partial charge is 0.324 e. The summed E-state index contributed by atoms with van der Waals surface area (Å²) in [5.41, 5.74) is -0.423. The summed E-state index contributed by atoms with van der Waals surface area (Å²) in [7, 11) is 0. The molecule has 1 aliphatic carbocycles. The molecule has 3 aliphatic rings. The summed E-state index contributed by atoms with van der Waals surface area (Å²) in [5, 5.41) is 2.44. The third-order valence-corrected chi connectivity index (χ3v) is 7.42. The number of urea groups is 1. The number of carbonyl (C=O) groups excluding carboxylic acids is 3. The van der Waals surface area contributed by atoms with E-state index in [0.717, 1.165) is 24.2 Å². The summed E-state index contributed by atoms with van der Waals surface area (Å²) < 4.78 is 14.2. The van der Waals surface area contributed by atoms with Gasteiger partial charge in [0.15, 0.2) is 0 Å². The highest BCUT2D eigenvalue weighted by molar-refractivity contribution is 7.99. The standard InChI is InChI=1S/C20H24FN3O3S/c1-13-6-4-5-9-20(13)18(26)24(19(27)22-20)12-16(25)23-10-11-28-17(23)14-7-2-3-8-15(14)21/h2-3,7-8,13,17H,4-6,9-12H2,1H3,(H,22,27)/t13-,17+,20+/m0/s1. The summed E-state index contributed by atoms with van der Waals surface area (Å²) >= 11 is 1.49. The van der Waals surface area contributed by atoms with Gasteiger partial charge in [0, 0.05) is 17.9 Å². The molecule has 2 saturated heterocycles. The Morgan fingerprint density at radius 2 is 2.11 bits per heavy atom. The molecule has 3 atom stereocenters. The molecular weight excluding hydrogens is 381 g/mol. The molecule has 1 aromatic rings. The van der Waals surface area contributed by atoms with Gasteiger partial charge in [0.25, 0.3) is 5.91 Å². The molecule has 2 aliphatic heterocycles. The van der Waals surface area contributed by atoms with Crippen LogP contribution in [0, 0.1) is 11.7 Å². The molecule has 28 heavy (non-hydrogen) atoms. The van der Waals surface area contributed by atoms with Crippen LogP contribution in [-0.4, -0.2) is 52.0 Å². The van der Waals surface area contributed by atoms with Crippen LogP contribution in [0.5, 0.6) is 0 Å². The zero-order chi connectivity index (χ0) is 19.9. The Morgan fingerprint density at radius 3 is 2.86 bits per heavy atom. The fourth-order valence-electron chi connectivity index (χ4n) is 4.52. The van der Waals surface area contributed by atoms with Gasteiger partial charge >= 0.3 is 6.03 Å². The summed E-state index contributed by atoms with van der Waals surface area (Å²) in [5.74, 6) is -0.253. The highest BCUT2D eigenvalue weighted by atomic mass is 32.2. The summed E-state index contributed by atoms with van der Waals surface area (Å²) in [6.07, 6.45) is 3.42. The number of thioether (sulfide) groups is 1. The second-order valence-electron chi connectivity index (χ2n) is 7.77. The number of hydrogen-bond donors (Lipinski definition) is 1. The first-order chi connectivity index (χ1) is 13.4. The topological polar surface area (TPSA) is 69.7 Å². The average molecular weight is 405 g/mol. The van der Waals surface area contributed by atoms with Crippen LogP contribution in [0.1, 0.15) is 43.5 Å². The van der Waals surface area contributed by atoms with E-state index in [1.807, 2.05) is 6.92 Å². The van der Waals surface area contributed by atoms with Crippen molar-refractivity contribution in [2.45, 2.75) is 43.5 Å². The van der Waals surface area contributed by atoms with E-state index >= 15 is 0 Å². The molecule has 0 unspecified atom stereocenters. The fraction of sp³-hybridized carbons (Fsp3) is 0.550. The lowest BCUT2D eigenvalue weighted by Gasteiger charge is -2.36. The van der Waals surface area contributed by atoms with Crippen LogP contribution in [0.25, 0.3) is 0 Å². The van der Waals surface area contributed by atoms with E-state index in [1.165, 1.54) is 17.8 Å². The summed E-state index contributed by atoms with van der Waals surface area (Å²) in [6, 6.07) is 5.91. The van der Waals surface area contributed by atoms with Gasteiger partial charge in [-0.25, -0.2) is 9.18 Å². The number of nitrogens with zero attached hydrogens (tertiary/aromatic N) is 2. The van der Waals surface area contributed by atoms with Gasteiger partial charge in [-0.05, 0) is 24.8 Å². The molecule has 1 aromatic carbocycles. The molecule has 2 heterocycles. The first-order valence-electron chi connectivity index (χ1n) is 9.73. The number of nitrogens with one attached hydrogen (secondary N) is 1. The lowest BCUT2D eigenvalue weighted by molar-refractivity contribution is -0.140. The number of imide groups is 1. The molecule has 150 valence electrons. The molecule has 6 nitrogen and oxygen atoms in total. The SMILES string of the molecule is C[C@H]1CCCC[C@@]12NC(=O)N(CC(=O)N1CCS[C@@H]1c1ccccc1F)C2=O. The monoisotopic (exact) mass is 405 g/mol. The third-order valence-electron chi connectivity index (χ3n) is 6.18. The van der Waals surface area contributed by atoms with E-state index < -0.39 is 16.9 Å². The predicted molar refractivity (Wildman–Crippen MR) is 104 cm³/mol. The van der Waals surface area contributed by atoms with Crippen LogP contribution >= 0.6 is 11.8 Å². The molecule has 0 aromatic heterocycles. The zero-order valence-electron chi connectivity index (χ0n) is 15.8. The van der Waals surface area contributed by atoms with E-state index in [4.69, 9.17) is 0 Å². The van der Waals surface area contributed by atoms with Crippen LogP contribution in [0.4, 0.5) is 9.18 Å². The molecule has 3 fully saturated rings. The molecule has 8 heteroatoms. The summed E-state index contributed by atoms with van der Waals surface area (Å²) in [6.45, 7) is 2.15. The zero-order valence-corrected chi connectivity index (χ0v) is 16.6. The molecule has 1 saturated carbocycles. The Morgan fingerprint density at radius 1 is 1.32 bits per heavy atom. The second kappa shape index (κ2) is 7.39. The largest absolute Gasteiger partial charge is 0.325 e. The van der Waals surface area contributed by atoms with Crippen molar-refractivity contribution in [3.05, 3.63) is 35.6 Å². The van der Waals surface area contributed by atoms with Crippen molar-refractivity contribution in [2.24, 2.45) is 5.92 Å². The Kier molecular flexibility index (Phi) is 5.07. The maximum absolute atomic E-state index is 14.2. The Bertz CT molecular complexity index is 820. The molecule has 4 rings (SSSR count). The lowest BCUT2D eigenvalue weighted by Crippen LogP contribution is -2.54. The van der Waals surface area contributed by atoms with Gasteiger partial charge in [-0.2, -0.15) is 0 Å². The number of rotatable bonds is 3. The molecular formula is C20H24FN3O3S. The average Bonchev–Trinajstić information content (AvgIpc) is 3.24. The maximum atomic E-state index is 14.2. The van der Waals surface area contributed by atoms with Gasteiger partial charge in [-0.15, -0.1) is 11.8 Å². The number of benzene rings is 1. The number of carbonyl (C=O) groups is 3. The number of hydrogen-bond acceptors (Lipinski definition) is 4. The van der Waals surface area contributed by atoms with E-state index in [-0.39, 0.29) is 30.1 Å². The fourth-order valence-corrected chi connectivity index (χ4v) is 5.82. The third kappa shape index (κ3) is 3.07. The number of amides is 4. The van der Waals surface area contributed by atoms with Crippen molar-refractivity contribution in [3.63, 3.8) is 0 Å². The van der Waals surface area contributed by atoms with Gasteiger partial charge in [-0.1, -0.05) is 38.0 Å². The second-order valence-corrected chi connectivity index (χ2v) is 8.96. The van der Waals surface area contributed by atoms with E-state index in [9.17, 15) is 18.8 Å². The maximum Gasteiger partial charge on any atom is 0.325 e. The van der Waals surface area contributed by atoms with Gasteiger partial charge in [-0.3, -0.25) is 14.5 Å². The predicted octanol–water partition coefficient (Wildman–Crippen LogP) is 2.90. The molecule has 1 spiro atoms. The van der Waals surface area contributed by atoms with Crippen molar-refractivity contribution in [1.82, 2.24) is 15.1 Å². The van der Waals surface area contributed by atoms with Crippen molar-refractivity contribution in [3.8, 4) is 0 Å². The quantitative estimate of drug-likeness (QED) is 0.785. The van der Waals surface area contributed by atoms with Gasteiger partial charge in [0.2, 0.25) is 5.91 Å². The molecule has 0 bridgehead atoms. The van der Waals surface area contributed by atoms with Crippen LogP contribution in [0.2, 0.25) is 0 Å². The first kappa shape index (κ1) is 19.2. The Balaban J connectivity index is 1.51. The minimum absolute atomic E-state index is 0.0475. The van der Waals surface area contributed by atoms with Crippen molar-refractivity contribution in [2.75, 3.05) is 18.8 Å². The number of halogens is 1. The highest BCUT2D eigenvalue weighted by Gasteiger charge is 2.55. The van der Waals surface area contributed by atoms with Crippen LogP contribution < -0.4 is 5.32 Å². The van der Waals surface area contributed by atoms with Crippen LogP contribution in [0.15, 0.2) is 24.3 Å². The van der Waals surface area contributed by atoms with Crippen LogP contribution in [0.3, 0.4) is 0 Å². The van der Waals surface area contributed by atoms with Crippen molar-refractivity contribution in [1.29, 1.82) is 0 Å². The van der Waals surface area contributed by atoms with Crippen molar-refractivity contribution < 1.29 is 18.8 Å². The Hall–Kier alpha value is -2.09. The van der Waals surface area contributed by atoms with Gasteiger partial charge < -0.3 is 10.2 Å². The Labute approximate surface area is 167 Å². The highest BCUT2D eigenvalue weighted by Crippen LogP contribution is 2.40. The normalized spacial score (nSPS) is 30.2. The minimum Gasteiger partial charge on any atom is -0.324 e. The van der Waals surface area contributed by atoms with Gasteiger partial charge in [0.1, 0.15) is 23.3 Å². The minimum atomic E-state index is -0.875. The van der Waals surface area contributed by atoms with E-state index in [0.29, 0.717) is 24.3 Å². The van der Waals surface area contributed by atoms with E-state index in [1.54, 1.807) is 23.1 Å². The first-order valence-corrected chi connectivity index (χ1v) is 10.8. The summed E-state index contributed by atoms with van der Waals surface area (Å²) in [4.78, 5) is 41.2. The van der Waals surface area contributed by atoms with Crippen molar-refractivity contribution >= 4 is 29.6 Å². The molecule has 4 amide bonds. The molecule has 1 N–H and O–H groups in total. The van der Waals surface area contributed by atoms with E-state index in [2.05, 4.69) is 5.32 Å².